The van der Waals surface area contributed by atoms with Gasteiger partial charge < -0.3 is 26.0 Å². The van der Waals surface area contributed by atoms with Crippen LogP contribution in [0.2, 0.25) is 0 Å². The lowest BCUT2D eigenvalue weighted by atomic mass is 9.93. The fourth-order valence-electron chi connectivity index (χ4n) is 4.58. The van der Waals surface area contributed by atoms with Crippen molar-refractivity contribution in [3.8, 4) is 0 Å². The number of carbonyl (C=O) groups is 4. The summed E-state index contributed by atoms with van der Waals surface area (Å²) in [6.07, 6.45) is 2.99. The number of hydrogen-bond acceptors (Lipinski definition) is 5. The molecule has 0 aliphatic heterocycles. The number of unbranched alkanes of at least 4 members (excludes halogenated alkanes) is 2. The first-order chi connectivity index (χ1) is 18.6. The lowest BCUT2D eigenvalue weighted by molar-refractivity contribution is -0.146. The van der Waals surface area contributed by atoms with Gasteiger partial charge in [0.15, 0.2) is 0 Å². The Labute approximate surface area is 241 Å². The maximum atomic E-state index is 14.3. The number of nitrogens with two attached hydrogens (primary N) is 1. The molecule has 3 atom stereocenters. The summed E-state index contributed by atoms with van der Waals surface area (Å²) in [4.78, 5) is 54.4. The van der Waals surface area contributed by atoms with Crippen molar-refractivity contribution < 1.29 is 23.9 Å². The molecule has 0 aliphatic carbocycles. The highest BCUT2D eigenvalue weighted by atomic mass is 16.6. The molecule has 226 valence electrons. The minimum absolute atomic E-state index is 0.303. The van der Waals surface area contributed by atoms with E-state index in [2.05, 4.69) is 31.4 Å². The zero-order valence-electron chi connectivity index (χ0n) is 26.1. The number of rotatable bonds is 15. The standard InChI is InChI=1S/C31H52N4O5/c1-10-11-12-17-33-28(37)27(24-16-14-21(4)18-22(24)5)35(23(6)15-13-20(2)3)29(38)25(19-26(32)36)34-30(39)40-31(7,8)9/h14,16,18,20,23,25,27H,10-13,15,17,19H2,1-9H3,(H2,32,36)(H,33,37)(H,34,39). The van der Waals surface area contributed by atoms with E-state index < -0.39 is 42.0 Å². The fraction of sp³-hybridized carbons (Fsp3) is 0.677. The number of nitrogens with zero attached hydrogens (tertiary/aromatic N) is 1. The first kappa shape index (κ1) is 34.9. The van der Waals surface area contributed by atoms with Gasteiger partial charge in [0.1, 0.15) is 17.7 Å². The summed E-state index contributed by atoms with van der Waals surface area (Å²) < 4.78 is 5.37. The number of ether oxygens (including phenoxy) is 1. The summed E-state index contributed by atoms with van der Waals surface area (Å²) in [7, 11) is 0. The average molecular weight is 561 g/mol. The molecule has 3 unspecified atom stereocenters. The van der Waals surface area contributed by atoms with Gasteiger partial charge in [-0.3, -0.25) is 14.4 Å². The molecule has 9 nitrogen and oxygen atoms in total. The summed E-state index contributed by atoms with van der Waals surface area (Å²) in [5, 5.41) is 5.58. The van der Waals surface area contributed by atoms with E-state index in [9.17, 15) is 19.2 Å². The van der Waals surface area contributed by atoms with Crippen molar-refractivity contribution in [1.29, 1.82) is 0 Å². The van der Waals surface area contributed by atoms with Crippen LogP contribution in [0.15, 0.2) is 18.2 Å². The maximum absolute atomic E-state index is 14.3. The molecular weight excluding hydrogens is 508 g/mol. The van der Waals surface area contributed by atoms with E-state index >= 15 is 0 Å². The van der Waals surface area contributed by atoms with E-state index in [-0.39, 0.29) is 11.9 Å². The number of carbonyl (C=O) groups excluding carboxylic acids is 4. The second-order valence-corrected chi connectivity index (χ2v) is 12.2. The van der Waals surface area contributed by atoms with E-state index in [0.29, 0.717) is 24.4 Å². The van der Waals surface area contributed by atoms with E-state index in [1.807, 2.05) is 39.0 Å². The van der Waals surface area contributed by atoms with Gasteiger partial charge in [0.2, 0.25) is 17.7 Å². The summed E-state index contributed by atoms with van der Waals surface area (Å²) in [5.74, 6) is -1.24. The predicted molar refractivity (Wildman–Crippen MR) is 159 cm³/mol. The number of nitrogens with one attached hydrogen (secondary N) is 2. The van der Waals surface area contributed by atoms with Crippen molar-refractivity contribution in [1.82, 2.24) is 15.5 Å². The lowest BCUT2D eigenvalue weighted by Gasteiger charge is -2.39. The van der Waals surface area contributed by atoms with Gasteiger partial charge in [0.05, 0.1) is 6.42 Å². The van der Waals surface area contributed by atoms with Crippen LogP contribution in [0.5, 0.6) is 0 Å². The van der Waals surface area contributed by atoms with Crippen LogP contribution in [-0.4, -0.2) is 52.9 Å². The molecule has 0 heterocycles. The second-order valence-electron chi connectivity index (χ2n) is 12.2. The van der Waals surface area contributed by atoms with Gasteiger partial charge in [-0.2, -0.15) is 0 Å². The normalized spacial score (nSPS) is 13.8. The summed E-state index contributed by atoms with van der Waals surface area (Å²) in [6, 6.07) is 3.14. The Balaban J connectivity index is 3.65. The minimum Gasteiger partial charge on any atom is -0.444 e. The van der Waals surface area contributed by atoms with Gasteiger partial charge in [0, 0.05) is 12.6 Å². The number of alkyl carbamates (subject to hydrolysis) is 1. The molecule has 0 aliphatic rings. The molecule has 1 rings (SSSR count). The molecule has 0 fully saturated rings. The SMILES string of the molecule is CCCCCNC(=O)C(c1ccc(C)cc1C)N(C(=O)C(CC(N)=O)NC(=O)OC(C)(C)C)C(C)CCC(C)C. The van der Waals surface area contributed by atoms with Crippen molar-refractivity contribution in [3.05, 3.63) is 34.9 Å². The Morgan fingerprint density at radius 1 is 1.02 bits per heavy atom. The Morgan fingerprint density at radius 2 is 1.68 bits per heavy atom. The molecule has 1 aromatic carbocycles. The summed E-state index contributed by atoms with van der Waals surface area (Å²) in [5.41, 5.74) is 7.30. The van der Waals surface area contributed by atoms with Crippen LogP contribution in [0.1, 0.15) is 110 Å². The first-order valence-electron chi connectivity index (χ1n) is 14.5. The molecule has 0 spiro atoms. The predicted octanol–water partition coefficient (Wildman–Crippen LogP) is 5.07. The third kappa shape index (κ3) is 12.0. The molecular formula is C31H52N4O5. The van der Waals surface area contributed by atoms with Crippen LogP contribution >= 0.6 is 0 Å². The molecule has 0 saturated carbocycles. The quantitative estimate of drug-likeness (QED) is 0.258. The van der Waals surface area contributed by atoms with Gasteiger partial charge in [-0.05, 0) is 77.8 Å². The molecule has 0 aromatic heterocycles. The zero-order chi connectivity index (χ0) is 30.6. The number of primary amides is 1. The fourth-order valence-corrected chi connectivity index (χ4v) is 4.58. The van der Waals surface area contributed by atoms with Crippen LogP contribution < -0.4 is 16.4 Å². The van der Waals surface area contributed by atoms with Gasteiger partial charge in [-0.25, -0.2) is 4.79 Å². The molecule has 4 N–H and O–H groups in total. The van der Waals surface area contributed by atoms with Gasteiger partial charge in [-0.15, -0.1) is 0 Å². The highest BCUT2D eigenvalue weighted by Crippen LogP contribution is 2.30. The zero-order valence-corrected chi connectivity index (χ0v) is 26.1. The lowest BCUT2D eigenvalue weighted by Crippen LogP contribution is -2.56. The molecule has 9 heteroatoms. The first-order valence-corrected chi connectivity index (χ1v) is 14.5. The monoisotopic (exact) mass is 560 g/mol. The molecule has 0 saturated heterocycles. The van der Waals surface area contributed by atoms with Crippen molar-refractivity contribution in [2.75, 3.05) is 6.54 Å². The Morgan fingerprint density at radius 3 is 2.20 bits per heavy atom. The largest absolute Gasteiger partial charge is 0.444 e. The van der Waals surface area contributed by atoms with Crippen molar-refractivity contribution in [2.24, 2.45) is 11.7 Å². The van der Waals surface area contributed by atoms with Crippen molar-refractivity contribution in [2.45, 2.75) is 125 Å². The van der Waals surface area contributed by atoms with Gasteiger partial charge in [0.25, 0.3) is 0 Å². The van der Waals surface area contributed by atoms with Gasteiger partial charge >= 0.3 is 6.09 Å². The minimum atomic E-state index is -1.30. The van der Waals surface area contributed by atoms with Crippen LogP contribution in [-0.2, 0) is 19.1 Å². The average Bonchev–Trinajstić information content (AvgIpc) is 2.81. The molecule has 40 heavy (non-hydrogen) atoms. The topological polar surface area (TPSA) is 131 Å². The van der Waals surface area contributed by atoms with Crippen LogP contribution in [0.3, 0.4) is 0 Å². The number of hydrogen-bond donors (Lipinski definition) is 3. The van der Waals surface area contributed by atoms with Crippen molar-refractivity contribution in [3.63, 3.8) is 0 Å². The number of amides is 4. The van der Waals surface area contributed by atoms with E-state index in [1.54, 1.807) is 20.8 Å². The van der Waals surface area contributed by atoms with E-state index in [4.69, 9.17) is 10.5 Å². The Hall–Kier alpha value is -3.10. The third-order valence-corrected chi connectivity index (χ3v) is 6.61. The number of benzene rings is 1. The molecule has 4 amide bonds. The molecule has 0 radical (unpaired) electrons. The Kier molecular flexibility index (Phi) is 14.2. The van der Waals surface area contributed by atoms with Crippen LogP contribution in [0.25, 0.3) is 0 Å². The van der Waals surface area contributed by atoms with Crippen molar-refractivity contribution >= 4 is 23.8 Å². The summed E-state index contributed by atoms with van der Waals surface area (Å²) >= 11 is 0. The second kappa shape index (κ2) is 16.2. The molecule has 0 bridgehead atoms. The van der Waals surface area contributed by atoms with E-state index in [0.717, 1.165) is 36.8 Å². The van der Waals surface area contributed by atoms with Crippen LogP contribution in [0.4, 0.5) is 4.79 Å². The molecule has 1 aromatic rings. The smallest absolute Gasteiger partial charge is 0.408 e. The van der Waals surface area contributed by atoms with Crippen LogP contribution in [0, 0.1) is 19.8 Å². The number of aryl methyl sites for hydroxylation is 2. The maximum Gasteiger partial charge on any atom is 0.408 e. The van der Waals surface area contributed by atoms with E-state index in [1.165, 1.54) is 4.90 Å². The third-order valence-electron chi connectivity index (χ3n) is 6.61. The highest BCUT2D eigenvalue weighted by Gasteiger charge is 2.39. The summed E-state index contributed by atoms with van der Waals surface area (Å²) in [6.45, 7) is 17.7. The highest BCUT2D eigenvalue weighted by molar-refractivity contribution is 5.94. The Bertz CT molecular complexity index is 1000. The van der Waals surface area contributed by atoms with Gasteiger partial charge in [-0.1, -0.05) is 57.4 Å².